The maximum atomic E-state index is 11.6. The summed E-state index contributed by atoms with van der Waals surface area (Å²) in [5, 5.41) is 31.5. The van der Waals surface area contributed by atoms with E-state index in [4.69, 9.17) is 10.2 Å². The molecule has 4 aromatic rings. The minimum absolute atomic E-state index is 0.178. The number of aryl methyl sites for hydroxylation is 1. The van der Waals surface area contributed by atoms with E-state index in [1.54, 1.807) is 48.5 Å². The Hall–Kier alpha value is -4.75. The highest BCUT2D eigenvalue weighted by Crippen LogP contribution is 2.31. The summed E-state index contributed by atoms with van der Waals surface area (Å²) < 4.78 is 0. The maximum absolute atomic E-state index is 11.6. The lowest BCUT2D eigenvalue weighted by Crippen LogP contribution is -2.12. The SMILES string of the molecule is Cc1cc([C@@H](C)Nc2ccccc2C(=O)O)c2nc(-c3ccc(C#N)cc3)c(C#N)nc2c1. The summed E-state index contributed by atoms with van der Waals surface area (Å²) in [6, 6.07) is 21.3. The molecule has 0 amide bonds. The van der Waals surface area contributed by atoms with Crippen LogP contribution in [0.3, 0.4) is 0 Å². The molecular weight excluding hydrogens is 414 g/mol. The molecule has 1 aromatic heterocycles. The highest BCUT2D eigenvalue weighted by molar-refractivity contribution is 5.94. The van der Waals surface area contributed by atoms with Gasteiger partial charge in [0.1, 0.15) is 11.8 Å². The van der Waals surface area contributed by atoms with Crippen molar-refractivity contribution in [2.45, 2.75) is 19.9 Å². The van der Waals surface area contributed by atoms with Gasteiger partial charge in [0.15, 0.2) is 5.69 Å². The fourth-order valence-corrected chi connectivity index (χ4v) is 3.75. The predicted molar refractivity (Wildman–Crippen MR) is 125 cm³/mol. The van der Waals surface area contributed by atoms with Crippen molar-refractivity contribution in [1.29, 1.82) is 10.5 Å². The Bertz CT molecular complexity index is 1460. The number of hydrogen-bond acceptors (Lipinski definition) is 6. The second kappa shape index (κ2) is 8.78. The summed E-state index contributed by atoms with van der Waals surface area (Å²) in [5.41, 5.74) is 5.47. The van der Waals surface area contributed by atoms with Gasteiger partial charge in [-0.25, -0.2) is 14.8 Å². The molecule has 0 fully saturated rings. The van der Waals surface area contributed by atoms with Crippen molar-refractivity contribution in [3.05, 3.63) is 88.6 Å². The number of carboxylic acids is 1. The molecule has 1 heterocycles. The van der Waals surface area contributed by atoms with E-state index in [1.165, 1.54) is 0 Å². The number of carboxylic acid groups (broad SMARTS) is 1. The standard InChI is InChI=1S/C26H19N5O2/c1-15-11-20(16(2)29-21-6-4-3-5-19(21)26(32)33)25-22(12-15)30-23(14-28)24(31-25)18-9-7-17(13-27)8-10-18/h3-12,16,29H,1-2H3,(H,32,33)/t16-/m1/s1. The number of nitrogens with one attached hydrogen (secondary N) is 1. The second-order valence-corrected chi connectivity index (χ2v) is 7.66. The van der Waals surface area contributed by atoms with Crippen LogP contribution in [0.2, 0.25) is 0 Å². The first kappa shape index (κ1) is 21.5. The molecule has 7 heteroatoms. The molecule has 0 aliphatic heterocycles. The van der Waals surface area contributed by atoms with Crippen molar-refractivity contribution in [2.24, 2.45) is 0 Å². The van der Waals surface area contributed by atoms with E-state index in [-0.39, 0.29) is 17.3 Å². The van der Waals surface area contributed by atoms with Crippen molar-refractivity contribution in [3.8, 4) is 23.4 Å². The predicted octanol–water partition coefficient (Wildman–Crippen LogP) is 5.22. The van der Waals surface area contributed by atoms with E-state index in [1.807, 2.05) is 26.0 Å². The summed E-state index contributed by atoms with van der Waals surface area (Å²) in [6.07, 6.45) is 0. The number of hydrogen-bond donors (Lipinski definition) is 2. The molecular formula is C26H19N5O2. The Balaban J connectivity index is 1.85. The fraction of sp³-hybridized carbons (Fsp3) is 0.115. The van der Waals surface area contributed by atoms with Crippen LogP contribution in [0.5, 0.6) is 0 Å². The van der Waals surface area contributed by atoms with E-state index in [0.717, 1.165) is 11.1 Å². The number of benzene rings is 3. The van der Waals surface area contributed by atoms with Crippen LogP contribution in [0.25, 0.3) is 22.3 Å². The molecule has 33 heavy (non-hydrogen) atoms. The van der Waals surface area contributed by atoms with E-state index >= 15 is 0 Å². The van der Waals surface area contributed by atoms with Gasteiger partial charge in [-0.3, -0.25) is 0 Å². The maximum Gasteiger partial charge on any atom is 0.337 e. The smallest absolute Gasteiger partial charge is 0.337 e. The number of nitrogens with zero attached hydrogens (tertiary/aromatic N) is 4. The fourth-order valence-electron chi connectivity index (χ4n) is 3.75. The number of nitriles is 2. The summed E-state index contributed by atoms with van der Waals surface area (Å²) in [5.74, 6) is -1.01. The lowest BCUT2D eigenvalue weighted by atomic mass is 10.0. The van der Waals surface area contributed by atoms with Gasteiger partial charge in [-0.2, -0.15) is 10.5 Å². The monoisotopic (exact) mass is 433 g/mol. The Labute approximate surface area is 190 Å². The molecule has 0 saturated heterocycles. The molecule has 0 unspecified atom stereocenters. The van der Waals surface area contributed by atoms with Gasteiger partial charge >= 0.3 is 5.97 Å². The Morgan fingerprint density at radius 1 is 1.03 bits per heavy atom. The highest BCUT2D eigenvalue weighted by atomic mass is 16.4. The molecule has 1 atom stereocenters. The van der Waals surface area contributed by atoms with Crippen molar-refractivity contribution >= 4 is 22.7 Å². The largest absolute Gasteiger partial charge is 0.478 e. The van der Waals surface area contributed by atoms with Crippen LogP contribution in [0.15, 0.2) is 60.7 Å². The second-order valence-electron chi connectivity index (χ2n) is 7.66. The molecule has 4 rings (SSSR count). The number of fused-ring (bicyclic) bond motifs is 1. The van der Waals surface area contributed by atoms with Crippen molar-refractivity contribution in [2.75, 3.05) is 5.32 Å². The summed E-state index contributed by atoms with van der Waals surface area (Å²) in [4.78, 5) is 21.0. The van der Waals surface area contributed by atoms with Crippen molar-refractivity contribution < 1.29 is 9.90 Å². The Kier molecular flexibility index (Phi) is 5.71. The minimum atomic E-state index is -1.01. The first-order valence-corrected chi connectivity index (χ1v) is 10.2. The van der Waals surface area contributed by atoms with Crippen LogP contribution in [0.4, 0.5) is 5.69 Å². The third-order valence-electron chi connectivity index (χ3n) is 5.33. The minimum Gasteiger partial charge on any atom is -0.478 e. The molecule has 0 radical (unpaired) electrons. The number of aromatic carboxylic acids is 1. The third kappa shape index (κ3) is 4.21. The Morgan fingerprint density at radius 3 is 2.42 bits per heavy atom. The molecule has 0 bridgehead atoms. The average Bonchev–Trinajstić information content (AvgIpc) is 2.82. The molecule has 0 saturated carbocycles. The number of rotatable bonds is 5. The average molecular weight is 433 g/mol. The first-order valence-electron chi connectivity index (χ1n) is 10.2. The molecule has 3 aromatic carbocycles. The summed E-state index contributed by atoms with van der Waals surface area (Å²) in [6.45, 7) is 3.86. The number of anilines is 1. The van der Waals surface area contributed by atoms with Crippen LogP contribution < -0.4 is 5.32 Å². The zero-order chi connectivity index (χ0) is 23.5. The van der Waals surface area contributed by atoms with Gasteiger partial charge in [0.25, 0.3) is 0 Å². The lowest BCUT2D eigenvalue weighted by molar-refractivity contribution is 0.0698. The Morgan fingerprint density at radius 2 is 1.76 bits per heavy atom. The van der Waals surface area contributed by atoms with Crippen molar-refractivity contribution in [3.63, 3.8) is 0 Å². The van der Waals surface area contributed by atoms with Crippen LogP contribution in [-0.4, -0.2) is 21.0 Å². The van der Waals surface area contributed by atoms with E-state index in [9.17, 15) is 15.2 Å². The van der Waals surface area contributed by atoms with Gasteiger partial charge in [-0.15, -0.1) is 0 Å². The van der Waals surface area contributed by atoms with Gasteiger partial charge in [0, 0.05) is 16.8 Å². The number of carbonyl (C=O) groups is 1. The van der Waals surface area contributed by atoms with Gasteiger partial charge < -0.3 is 10.4 Å². The normalized spacial score (nSPS) is 11.4. The zero-order valence-corrected chi connectivity index (χ0v) is 18.0. The van der Waals surface area contributed by atoms with Crippen LogP contribution in [0.1, 0.15) is 45.7 Å². The van der Waals surface area contributed by atoms with Gasteiger partial charge in [-0.1, -0.05) is 30.3 Å². The number of aromatic nitrogens is 2. The zero-order valence-electron chi connectivity index (χ0n) is 18.0. The van der Waals surface area contributed by atoms with Gasteiger partial charge in [0.05, 0.1) is 34.3 Å². The third-order valence-corrected chi connectivity index (χ3v) is 5.33. The van der Waals surface area contributed by atoms with Gasteiger partial charge in [0.2, 0.25) is 0 Å². The summed E-state index contributed by atoms with van der Waals surface area (Å²) in [7, 11) is 0. The molecule has 7 nitrogen and oxygen atoms in total. The van der Waals surface area contributed by atoms with Crippen LogP contribution >= 0.6 is 0 Å². The number of para-hydroxylation sites is 1. The molecule has 0 aliphatic rings. The van der Waals surface area contributed by atoms with Gasteiger partial charge in [-0.05, 0) is 49.7 Å². The molecule has 2 N–H and O–H groups in total. The molecule has 0 spiro atoms. The van der Waals surface area contributed by atoms with E-state index < -0.39 is 5.97 Å². The lowest BCUT2D eigenvalue weighted by Gasteiger charge is -2.19. The molecule has 160 valence electrons. The first-order chi connectivity index (χ1) is 15.9. The van der Waals surface area contributed by atoms with Crippen molar-refractivity contribution in [1.82, 2.24) is 9.97 Å². The van der Waals surface area contributed by atoms with E-state index in [2.05, 4.69) is 22.4 Å². The van der Waals surface area contributed by atoms with E-state index in [0.29, 0.717) is 33.5 Å². The molecule has 0 aliphatic carbocycles. The quantitative estimate of drug-likeness (QED) is 0.442. The topological polar surface area (TPSA) is 123 Å². The van der Waals surface area contributed by atoms with Crippen LogP contribution in [-0.2, 0) is 0 Å². The highest BCUT2D eigenvalue weighted by Gasteiger charge is 2.19. The van der Waals surface area contributed by atoms with Crippen LogP contribution in [0, 0.1) is 29.6 Å². The summed E-state index contributed by atoms with van der Waals surface area (Å²) >= 11 is 0.